The van der Waals surface area contributed by atoms with E-state index in [9.17, 15) is 19.2 Å². The summed E-state index contributed by atoms with van der Waals surface area (Å²) in [5.74, 6) is -1.98. The Morgan fingerprint density at radius 3 is 1.14 bits per heavy atom. The third kappa shape index (κ3) is 5.88. The lowest BCUT2D eigenvalue weighted by molar-refractivity contribution is -0.150. The molecule has 6 nitrogen and oxygen atoms in total. The molecule has 0 radical (unpaired) electrons. The van der Waals surface area contributed by atoms with E-state index in [-0.39, 0.29) is 35.6 Å². The van der Waals surface area contributed by atoms with Crippen LogP contribution in [0.2, 0.25) is 0 Å². The van der Waals surface area contributed by atoms with Crippen molar-refractivity contribution in [2.24, 2.45) is 11.8 Å². The van der Waals surface area contributed by atoms with E-state index in [4.69, 9.17) is 9.47 Å². The third-order valence-electron chi connectivity index (χ3n) is 5.58. The van der Waals surface area contributed by atoms with Gasteiger partial charge in [-0.15, -0.1) is 0 Å². The molecule has 0 N–H and O–H groups in total. The molecule has 0 unspecified atom stereocenters. The lowest BCUT2D eigenvalue weighted by Crippen LogP contribution is -2.36. The molecule has 6 heteroatoms. The minimum absolute atomic E-state index is 0.207. The number of hydrogen-bond donors (Lipinski definition) is 0. The van der Waals surface area contributed by atoms with Gasteiger partial charge in [0, 0.05) is 23.0 Å². The van der Waals surface area contributed by atoms with Crippen LogP contribution in [-0.2, 0) is 28.7 Å². The van der Waals surface area contributed by atoms with E-state index in [1.807, 2.05) is 0 Å². The second-order valence-corrected chi connectivity index (χ2v) is 8.05. The topological polar surface area (TPSA) is 86.7 Å². The average molecular weight is 390 g/mol. The van der Waals surface area contributed by atoms with Crippen LogP contribution in [0, 0.1) is 11.8 Å². The summed E-state index contributed by atoms with van der Waals surface area (Å²) < 4.78 is 10.7. The Kier molecular flexibility index (Phi) is 7.72. The quantitative estimate of drug-likeness (QED) is 0.376. The van der Waals surface area contributed by atoms with E-state index in [1.165, 1.54) is 0 Å². The standard InChI is InChI=1S/C22H30O6/c1-13(2)21(25)27-17-9-5-15(6-10-17)19(23)20(24)16-7-11-18(12-8-16)28-22(26)14(3)4/h15-18H,1,3,5-12H2,2,4H3. The fourth-order valence-electron chi connectivity index (χ4n) is 3.79. The molecule has 0 heterocycles. The first kappa shape index (κ1) is 22.1. The lowest BCUT2D eigenvalue weighted by atomic mass is 9.77. The van der Waals surface area contributed by atoms with Gasteiger partial charge in [-0.3, -0.25) is 9.59 Å². The summed E-state index contributed by atoms with van der Waals surface area (Å²) in [6, 6.07) is 0. The Labute approximate surface area is 166 Å². The van der Waals surface area contributed by atoms with Crippen molar-refractivity contribution < 1.29 is 28.7 Å². The summed E-state index contributed by atoms with van der Waals surface area (Å²) in [6.07, 6.45) is 4.18. The molecule has 2 rings (SSSR count). The number of hydrogen-bond acceptors (Lipinski definition) is 6. The maximum Gasteiger partial charge on any atom is 0.333 e. The normalized spacial score (nSPS) is 27.4. The van der Waals surface area contributed by atoms with Crippen LogP contribution in [0.4, 0.5) is 0 Å². The second kappa shape index (κ2) is 9.80. The number of ketones is 2. The number of esters is 2. The number of rotatable bonds is 7. The van der Waals surface area contributed by atoms with Crippen LogP contribution in [0.3, 0.4) is 0 Å². The van der Waals surface area contributed by atoms with Crippen LogP contribution in [0.15, 0.2) is 24.3 Å². The maximum atomic E-state index is 12.6. The predicted molar refractivity (Wildman–Crippen MR) is 103 cm³/mol. The van der Waals surface area contributed by atoms with Gasteiger partial charge in [0.15, 0.2) is 0 Å². The van der Waals surface area contributed by atoms with Gasteiger partial charge in [0.05, 0.1) is 0 Å². The monoisotopic (exact) mass is 390 g/mol. The van der Waals surface area contributed by atoms with Crippen molar-refractivity contribution in [2.45, 2.75) is 77.4 Å². The van der Waals surface area contributed by atoms with Crippen LogP contribution < -0.4 is 0 Å². The van der Waals surface area contributed by atoms with Gasteiger partial charge in [-0.2, -0.15) is 0 Å². The Bertz CT molecular complexity index is 603. The Morgan fingerprint density at radius 2 is 0.893 bits per heavy atom. The molecule has 28 heavy (non-hydrogen) atoms. The third-order valence-corrected chi connectivity index (χ3v) is 5.58. The highest BCUT2D eigenvalue weighted by Crippen LogP contribution is 2.32. The molecular weight excluding hydrogens is 360 g/mol. The minimum Gasteiger partial charge on any atom is -0.459 e. The van der Waals surface area contributed by atoms with E-state index >= 15 is 0 Å². The first-order chi connectivity index (χ1) is 13.2. The Morgan fingerprint density at radius 1 is 0.607 bits per heavy atom. The van der Waals surface area contributed by atoms with E-state index in [0.29, 0.717) is 62.5 Å². The van der Waals surface area contributed by atoms with Gasteiger partial charge in [0.2, 0.25) is 11.6 Å². The highest BCUT2D eigenvalue weighted by Gasteiger charge is 2.36. The predicted octanol–water partition coefficient (Wildman–Crippen LogP) is 3.48. The van der Waals surface area contributed by atoms with E-state index < -0.39 is 11.9 Å². The van der Waals surface area contributed by atoms with Crippen molar-refractivity contribution in [1.82, 2.24) is 0 Å². The fourth-order valence-corrected chi connectivity index (χ4v) is 3.79. The van der Waals surface area contributed by atoms with Crippen LogP contribution in [0.1, 0.15) is 65.2 Å². The van der Waals surface area contributed by atoms with Gasteiger partial charge in [-0.1, -0.05) is 13.2 Å². The van der Waals surface area contributed by atoms with Gasteiger partial charge in [-0.25, -0.2) is 9.59 Å². The van der Waals surface area contributed by atoms with Gasteiger partial charge in [0.1, 0.15) is 12.2 Å². The van der Waals surface area contributed by atoms with E-state index in [1.54, 1.807) is 13.8 Å². The molecule has 2 aliphatic rings. The molecule has 0 bridgehead atoms. The summed E-state index contributed by atoms with van der Waals surface area (Å²) in [4.78, 5) is 48.4. The van der Waals surface area contributed by atoms with Crippen LogP contribution in [-0.4, -0.2) is 35.7 Å². The molecule has 0 aromatic rings. The van der Waals surface area contributed by atoms with Crippen molar-refractivity contribution in [3.8, 4) is 0 Å². The molecule has 0 saturated heterocycles. The SMILES string of the molecule is C=C(C)C(=O)OC1CCC(C(=O)C(=O)C2CCC(OC(=O)C(=C)C)CC2)CC1. The van der Waals surface area contributed by atoms with Crippen molar-refractivity contribution in [3.63, 3.8) is 0 Å². The fraction of sp³-hybridized carbons (Fsp3) is 0.636. The smallest absolute Gasteiger partial charge is 0.333 e. The van der Waals surface area contributed by atoms with E-state index in [0.717, 1.165) is 0 Å². The van der Waals surface area contributed by atoms with Gasteiger partial charge in [-0.05, 0) is 65.2 Å². The zero-order chi connectivity index (χ0) is 20.8. The van der Waals surface area contributed by atoms with Crippen molar-refractivity contribution in [2.75, 3.05) is 0 Å². The number of ether oxygens (including phenoxy) is 2. The van der Waals surface area contributed by atoms with Crippen LogP contribution in [0.5, 0.6) is 0 Å². The van der Waals surface area contributed by atoms with Gasteiger partial charge < -0.3 is 9.47 Å². The van der Waals surface area contributed by atoms with Crippen molar-refractivity contribution >= 4 is 23.5 Å². The first-order valence-electron chi connectivity index (χ1n) is 10.00. The molecule has 0 atom stereocenters. The van der Waals surface area contributed by atoms with E-state index in [2.05, 4.69) is 13.2 Å². The summed E-state index contributed by atoms with van der Waals surface area (Å²) in [5, 5.41) is 0. The molecule has 0 aromatic heterocycles. The van der Waals surface area contributed by atoms with Gasteiger partial charge in [0.25, 0.3) is 0 Å². The number of carbonyl (C=O) groups excluding carboxylic acids is 4. The number of carbonyl (C=O) groups is 4. The van der Waals surface area contributed by atoms with Crippen LogP contribution in [0.25, 0.3) is 0 Å². The molecule has 2 fully saturated rings. The summed E-state index contributed by atoms with van der Waals surface area (Å²) in [7, 11) is 0. The van der Waals surface area contributed by atoms with Crippen LogP contribution >= 0.6 is 0 Å². The molecule has 0 aromatic carbocycles. The average Bonchev–Trinajstić information content (AvgIpc) is 2.67. The molecule has 0 spiro atoms. The first-order valence-corrected chi connectivity index (χ1v) is 10.00. The number of Topliss-reactive ketones (excluding diaryl/α,β-unsaturated/α-hetero) is 2. The molecule has 154 valence electrons. The Balaban J connectivity index is 1.77. The van der Waals surface area contributed by atoms with Crippen molar-refractivity contribution in [1.29, 1.82) is 0 Å². The zero-order valence-corrected chi connectivity index (χ0v) is 16.8. The summed E-state index contributed by atoms with van der Waals surface area (Å²) in [6.45, 7) is 10.3. The Hall–Kier alpha value is -2.24. The highest BCUT2D eigenvalue weighted by molar-refractivity contribution is 6.38. The molecule has 2 saturated carbocycles. The lowest BCUT2D eigenvalue weighted by Gasteiger charge is -2.30. The van der Waals surface area contributed by atoms with Crippen molar-refractivity contribution in [3.05, 3.63) is 24.3 Å². The molecule has 0 amide bonds. The highest BCUT2D eigenvalue weighted by atomic mass is 16.5. The molecule has 2 aliphatic carbocycles. The maximum absolute atomic E-state index is 12.6. The van der Waals surface area contributed by atoms with Gasteiger partial charge >= 0.3 is 11.9 Å². The summed E-state index contributed by atoms with van der Waals surface area (Å²) in [5.41, 5.74) is 0.718. The second-order valence-electron chi connectivity index (χ2n) is 8.05. The zero-order valence-electron chi connectivity index (χ0n) is 16.8. The minimum atomic E-state index is -0.407. The molecule has 0 aliphatic heterocycles. The largest absolute Gasteiger partial charge is 0.459 e. The molecular formula is C22H30O6. The summed E-state index contributed by atoms with van der Waals surface area (Å²) >= 11 is 0.